The van der Waals surface area contributed by atoms with Crippen molar-refractivity contribution in [3.63, 3.8) is 0 Å². The summed E-state index contributed by atoms with van der Waals surface area (Å²) in [5.74, 6) is 0. The summed E-state index contributed by atoms with van der Waals surface area (Å²) in [4.78, 5) is 0. The quantitative estimate of drug-likeness (QED) is 0.502. The first-order valence-corrected chi connectivity index (χ1v) is 1.01. The van der Waals surface area contributed by atoms with Gasteiger partial charge in [0.25, 0.3) is 0 Å². The highest BCUT2D eigenvalue weighted by molar-refractivity contribution is 8.93. The van der Waals surface area contributed by atoms with Crippen molar-refractivity contribution in [2.75, 3.05) is 6.61 Å². The normalized spacial score (nSPS) is 5.00. The maximum atomic E-state index is 7.63. The summed E-state index contributed by atoms with van der Waals surface area (Å²) in [5.41, 5.74) is 0. The molecule has 0 radical (unpaired) electrons. The molecule has 0 unspecified atom stereocenters. The van der Waals surface area contributed by atoms with E-state index in [1.54, 1.807) is 0 Å². The number of rotatable bonds is 1. The molecule has 0 amide bonds. The highest BCUT2D eigenvalue weighted by atomic mass is 79.9. The van der Waals surface area contributed by atoms with Gasteiger partial charge in [-0.25, -0.2) is 0 Å². The van der Waals surface area contributed by atoms with Gasteiger partial charge in [-0.2, -0.15) is 0 Å². The lowest BCUT2D eigenvalue weighted by Crippen LogP contribution is -1.74. The molecule has 0 bridgehead atoms. The van der Waals surface area contributed by atoms with Crippen molar-refractivity contribution in [3.8, 4) is 0 Å². The number of hydrogen-bond acceptors (Lipinski definition) is 2. The van der Waals surface area contributed by atoms with E-state index in [1.165, 1.54) is 0 Å². The molecular formula is C2H6BrNO. The predicted molar refractivity (Wildman–Crippen MR) is 26.2 cm³/mol. The van der Waals surface area contributed by atoms with E-state index in [0.29, 0.717) is 0 Å². The Balaban J connectivity index is 0. The number of hydrogen-bond donors (Lipinski definition) is 2. The summed E-state index contributed by atoms with van der Waals surface area (Å²) < 4.78 is 0. The molecule has 0 fully saturated rings. The summed E-state index contributed by atoms with van der Waals surface area (Å²) in [6.45, 7) is -0.139. The van der Waals surface area contributed by atoms with Crippen molar-refractivity contribution in [1.29, 1.82) is 5.41 Å². The predicted octanol–water partition coefficient (Wildman–Crippen LogP) is 0.206. The van der Waals surface area contributed by atoms with Gasteiger partial charge in [-0.1, -0.05) is 0 Å². The van der Waals surface area contributed by atoms with Gasteiger partial charge in [-0.15, -0.1) is 17.0 Å². The SMILES string of the molecule is Br.N=CCO. The molecule has 0 rings (SSSR count). The summed E-state index contributed by atoms with van der Waals surface area (Å²) in [5, 5.41) is 13.7. The minimum atomic E-state index is -0.139. The number of halogens is 1. The van der Waals surface area contributed by atoms with Crippen LogP contribution in [0.4, 0.5) is 0 Å². The van der Waals surface area contributed by atoms with Gasteiger partial charge < -0.3 is 10.5 Å². The van der Waals surface area contributed by atoms with Crippen LogP contribution in [0.3, 0.4) is 0 Å². The second kappa shape index (κ2) is 8.93. The minimum Gasteiger partial charge on any atom is -0.391 e. The largest absolute Gasteiger partial charge is 0.391 e. The summed E-state index contributed by atoms with van der Waals surface area (Å²) in [6, 6.07) is 0. The third kappa shape index (κ3) is 14.9. The topological polar surface area (TPSA) is 44.1 Å². The van der Waals surface area contributed by atoms with Crippen molar-refractivity contribution in [3.05, 3.63) is 0 Å². The fourth-order valence-electron chi connectivity index (χ4n) is 0. The fraction of sp³-hybridized carbons (Fsp3) is 0.500. The van der Waals surface area contributed by atoms with Crippen LogP contribution in [0, 0.1) is 5.41 Å². The highest BCUT2D eigenvalue weighted by Crippen LogP contribution is 1.29. The molecule has 0 aromatic carbocycles. The van der Waals surface area contributed by atoms with Gasteiger partial charge in [-0.3, -0.25) is 0 Å². The summed E-state index contributed by atoms with van der Waals surface area (Å²) in [6.07, 6.45) is 0.931. The molecule has 0 saturated carbocycles. The van der Waals surface area contributed by atoms with E-state index >= 15 is 0 Å². The molecule has 0 aliphatic heterocycles. The first kappa shape index (κ1) is 8.92. The number of nitrogens with one attached hydrogen (secondary N) is 1. The third-order valence-corrected chi connectivity index (χ3v) is 0.0913. The first-order chi connectivity index (χ1) is 1.91. The molecule has 0 aliphatic rings. The Kier molecular flexibility index (Phi) is 15.9. The lowest BCUT2D eigenvalue weighted by Gasteiger charge is -1.58. The van der Waals surface area contributed by atoms with Crippen LogP contribution in [-0.2, 0) is 0 Å². The van der Waals surface area contributed by atoms with Gasteiger partial charge in [0.05, 0.1) is 6.61 Å². The Bertz CT molecular complexity index is 23.6. The smallest absolute Gasteiger partial charge is 0.0776 e. The molecule has 32 valence electrons. The molecule has 5 heavy (non-hydrogen) atoms. The van der Waals surface area contributed by atoms with Crippen LogP contribution in [0.1, 0.15) is 0 Å². The molecular weight excluding hydrogens is 134 g/mol. The van der Waals surface area contributed by atoms with Crippen LogP contribution in [0.5, 0.6) is 0 Å². The zero-order chi connectivity index (χ0) is 3.41. The van der Waals surface area contributed by atoms with Gasteiger partial charge in [0.2, 0.25) is 0 Å². The van der Waals surface area contributed by atoms with Crippen LogP contribution in [-0.4, -0.2) is 17.9 Å². The van der Waals surface area contributed by atoms with E-state index in [2.05, 4.69) is 0 Å². The molecule has 0 spiro atoms. The van der Waals surface area contributed by atoms with Crippen LogP contribution < -0.4 is 0 Å². The number of aliphatic hydroxyl groups excluding tert-OH is 1. The molecule has 0 aliphatic carbocycles. The van der Waals surface area contributed by atoms with Crippen LogP contribution in [0.2, 0.25) is 0 Å². The Hall–Kier alpha value is 0.110. The van der Waals surface area contributed by atoms with Crippen molar-refractivity contribution in [1.82, 2.24) is 0 Å². The van der Waals surface area contributed by atoms with Gasteiger partial charge in [0.1, 0.15) is 0 Å². The second-order valence-corrected chi connectivity index (χ2v) is 0.387. The Morgan fingerprint density at radius 1 is 1.80 bits per heavy atom. The van der Waals surface area contributed by atoms with E-state index in [9.17, 15) is 0 Å². The van der Waals surface area contributed by atoms with E-state index in [4.69, 9.17) is 10.5 Å². The molecule has 2 nitrogen and oxygen atoms in total. The second-order valence-electron chi connectivity index (χ2n) is 0.387. The molecule has 3 heteroatoms. The maximum absolute atomic E-state index is 7.63. The number of aliphatic hydroxyl groups is 1. The van der Waals surface area contributed by atoms with Gasteiger partial charge in [0.15, 0.2) is 0 Å². The molecule has 0 aromatic rings. The standard InChI is InChI=1S/C2H5NO.BrH/c3-1-2-4;/h1,3-4H,2H2;1H. The van der Waals surface area contributed by atoms with Crippen molar-refractivity contribution >= 4 is 23.2 Å². The average molecular weight is 140 g/mol. The molecule has 0 atom stereocenters. The Labute approximate surface area is 41.1 Å². The fourth-order valence-corrected chi connectivity index (χ4v) is 0. The van der Waals surface area contributed by atoms with Crippen molar-refractivity contribution in [2.45, 2.75) is 0 Å². The molecule has 0 saturated heterocycles. The van der Waals surface area contributed by atoms with Gasteiger partial charge in [-0.05, 0) is 0 Å². The van der Waals surface area contributed by atoms with Gasteiger partial charge >= 0.3 is 0 Å². The first-order valence-electron chi connectivity index (χ1n) is 1.01. The highest BCUT2D eigenvalue weighted by Gasteiger charge is 1.47. The summed E-state index contributed by atoms with van der Waals surface area (Å²) >= 11 is 0. The maximum Gasteiger partial charge on any atom is 0.0776 e. The zero-order valence-electron chi connectivity index (χ0n) is 2.64. The van der Waals surface area contributed by atoms with Crippen molar-refractivity contribution < 1.29 is 5.11 Å². The Morgan fingerprint density at radius 3 is 2.00 bits per heavy atom. The van der Waals surface area contributed by atoms with Gasteiger partial charge in [0, 0.05) is 6.21 Å². The van der Waals surface area contributed by atoms with Crippen LogP contribution in [0.25, 0.3) is 0 Å². The molecule has 0 heterocycles. The Morgan fingerprint density at radius 2 is 2.00 bits per heavy atom. The summed E-state index contributed by atoms with van der Waals surface area (Å²) in [7, 11) is 0. The zero-order valence-corrected chi connectivity index (χ0v) is 4.35. The monoisotopic (exact) mass is 139 g/mol. The van der Waals surface area contributed by atoms with E-state index in [0.717, 1.165) is 6.21 Å². The van der Waals surface area contributed by atoms with Crippen molar-refractivity contribution in [2.24, 2.45) is 0 Å². The lowest BCUT2D eigenvalue weighted by molar-refractivity contribution is 0.361. The average Bonchev–Trinajstić information content (AvgIpc) is 1.37. The van der Waals surface area contributed by atoms with Crippen LogP contribution >= 0.6 is 17.0 Å². The van der Waals surface area contributed by atoms with E-state index < -0.39 is 0 Å². The molecule has 2 N–H and O–H groups in total. The van der Waals surface area contributed by atoms with Crippen LogP contribution in [0.15, 0.2) is 0 Å². The lowest BCUT2D eigenvalue weighted by atomic mass is 10.8. The third-order valence-electron chi connectivity index (χ3n) is 0.0913. The minimum absolute atomic E-state index is 0. The van der Waals surface area contributed by atoms with E-state index in [1.807, 2.05) is 0 Å². The molecule has 0 aromatic heterocycles. The van der Waals surface area contributed by atoms with E-state index in [-0.39, 0.29) is 23.6 Å².